The molecule has 3 heterocycles. The van der Waals surface area contributed by atoms with Gasteiger partial charge >= 0.3 is 5.69 Å². The molecule has 5 aromatic rings. The predicted molar refractivity (Wildman–Crippen MR) is 140 cm³/mol. The van der Waals surface area contributed by atoms with Crippen molar-refractivity contribution in [3.63, 3.8) is 0 Å². The zero-order valence-corrected chi connectivity index (χ0v) is 20.6. The molecule has 0 amide bonds. The highest BCUT2D eigenvalue weighted by molar-refractivity contribution is 5.78. The van der Waals surface area contributed by atoms with Crippen LogP contribution in [0.4, 0.5) is 0 Å². The number of hydrogen-bond acceptors (Lipinski definition) is 5. The van der Waals surface area contributed by atoms with Gasteiger partial charge in [0.05, 0.1) is 17.9 Å². The molecule has 182 valence electrons. The quantitative estimate of drug-likeness (QED) is 0.301. The Morgan fingerprint density at radius 1 is 0.917 bits per heavy atom. The molecule has 0 saturated carbocycles. The molecule has 1 N–H and O–H groups in total. The minimum atomic E-state index is -0.0163. The lowest BCUT2D eigenvalue weighted by Gasteiger charge is -2.10. The first-order valence-electron chi connectivity index (χ1n) is 12.3. The summed E-state index contributed by atoms with van der Waals surface area (Å²) in [6.07, 6.45) is 6.06. The van der Waals surface area contributed by atoms with Gasteiger partial charge < -0.3 is 0 Å². The minimum absolute atomic E-state index is 0.0163. The van der Waals surface area contributed by atoms with Crippen molar-refractivity contribution in [3.05, 3.63) is 100 Å². The number of benzene rings is 2. The van der Waals surface area contributed by atoms with Gasteiger partial charge in [0.2, 0.25) is 0 Å². The first-order valence-corrected chi connectivity index (χ1v) is 12.3. The van der Waals surface area contributed by atoms with Crippen LogP contribution in [0.5, 0.6) is 0 Å². The van der Waals surface area contributed by atoms with Crippen molar-refractivity contribution in [2.75, 3.05) is 0 Å². The maximum absolute atomic E-state index is 13.6. The Kier molecular flexibility index (Phi) is 6.84. The normalized spacial score (nSPS) is 11.2. The second kappa shape index (κ2) is 10.5. The maximum Gasteiger partial charge on any atom is 0.333 e. The van der Waals surface area contributed by atoms with E-state index in [4.69, 9.17) is 4.98 Å². The summed E-state index contributed by atoms with van der Waals surface area (Å²) in [6.45, 7) is 4.71. The highest BCUT2D eigenvalue weighted by Gasteiger charge is 2.18. The number of aromatic amines is 1. The Morgan fingerprint density at radius 2 is 1.69 bits per heavy atom. The number of nitrogens with zero attached hydrogens (tertiary/aromatic N) is 6. The third-order valence-corrected chi connectivity index (χ3v) is 6.50. The van der Waals surface area contributed by atoms with E-state index >= 15 is 0 Å². The average Bonchev–Trinajstić information content (AvgIpc) is 3.53. The van der Waals surface area contributed by atoms with E-state index in [0.717, 1.165) is 65.1 Å². The van der Waals surface area contributed by atoms with Crippen LogP contribution in [0.2, 0.25) is 0 Å². The second-order valence-corrected chi connectivity index (χ2v) is 8.88. The molecule has 2 aromatic carbocycles. The number of tetrazole rings is 1. The van der Waals surface area contributed by atoms with Crippen molar-refractivity contribution in [2.24, 2.45) is 0 Å². The van der Waals surface area contributed by atoms with Crippen LogP contribution >= 0.6 is 0 Å². The number of imidazole rings is 1. The molecule has 0 saturated heterocycles. The second-order valence-electron chi connectivity index (χ2n) is 8.88. The van der Waals surface area contributed by atoms with Crippen LogP contribution in [0.3, 0.4) is 0 Å². The Bertz CT molecular complexity index is 1480. The van der Waals surface area contributed by atoms with Crippen molar-refractivity contribution in [2.45, 2.75) is 46.1 Å². The van der Waals surface area contributed by atoms with Crippen LogP contribution in [0, 0.1) is 6.92 Å². The number of aromatic nitrogens is 7. The fourth-order valence-corrected chi connectivity index (χ4v) is 4.65. The number of hydrogen-bond donors (Lipinski definition) is 1. The predicted octanol–water partition coefficient (Wildman–Crippen LogP) is 4.97. The molecule has 3 aromatic heterocycles. The Labute approximate surface area is 209 Å². The third-order valence-electron chi connectivity index (χ3n) is 6.50. The molecule has 0 aliphatic rings. The van der Waals surface area contributed by atoms with Crippen LogP contribution in [0.1, 0.15) is 43.1 Å². The minimum Gasteiger partial charge on any atom is -0.291 e. The van der Waals surface area contributed by atoms with Crippen molar-refractivity contribution in [1.82, 2.24) is 34.7 Å². The van der Waals surface area contributed by atoms with Crippen molar-refractivity contribution >= 4 is 0 Å². The lowest BCUT2D eigenvalue weighted by molar-refractivity contribution is 0.651. The molecule has 36 heavy (non-hydrogen) atoms. The smallest absolute Gasteiger partial charge is 0.291 e. The summed E-state index contributed by atoms with van der Waals surface area (Å²) in [5, 5.41) is 14.3. The van der Waals surface area contributed by atoms with Gasteiger partial charge in [-0.05, 0) is 54.0 Å². The summed E-state index contributed by atoms with van der Waals surface area (Å²) in [6, 6.07) is 21.7. The third kappa shape index (κ3) is 4.62. The van der Waals surface area contributed by atoms with E-state index < -0.39 is 0 Å². The highest BCUT2D eigenvalue weighted by atomic mass is 16.1. The Hall–Kier alpha value is -4.33. The molecule has 0 aliphatic heterocycles. The van der Waals surface area contributed by atoms with Gasteiger partial charge in [-0.25, -0.2) is 9.89 Å². The number of H-pyrrole nitrogens is 1. The molecule has 0 fully saturated rings. The molecule has 0 spiro atoms. The van der Waals surface area contributed by atoms with E-state index in [2.05, 4.69) is 27.5 Å². The lowest BCUT2D eigenvalue weighted by atomic mass is 10.0. The van der Waals surface area contributed by atoms with E-state index in [1.165, 1.54) is 0 Å². The molecular weight excluding hydrogens is 450 g/mol. The van der Waals surface area contributed by atoms with E-state index in [0.29, 0.717) is 12.4 Å². The number of pyridine rings is 1. The summed E-state index contributed by atoms with van der Waals surface area (Å²) in [7, 11) is 0. The van der Waals surface area contributed by atoms with Crippen LogP contribution in [0.25, 0.3) is 28.3 Å². The van der Waals surface area contributed by atoms with E-state index in [-0.39, 0.29) is 5.69 Å². The summed E-state index contributed by atoms with van der Waals surface area (Å²) in [4.78, 5) is 18.3. The van der Waals surface area contributed by atoms with Gasteiger partial charge in [0, 0.05) is 28.7 Å². The van der Waals surface area contributed by atoms with Gasteiger partial charge in [0.15, 0.2) is 5.82 Å². The summed E-state index contributed by atoms with van der Waals surface area (Å²) in [5.74, 6) is 0.595. The summed E-state index contributed by atoms with van der Waals surface area (Å²) >= 11 is 0. The fraction of sp³-hybridized carbons (Fsp3) is 0.250. The van der Waals surface area contributed by atoms with Gasteiger partial charge in [-0.1, -0.05) is 68.3 Å². The first kappa shape index (κ1) is 23.4. The molecule has 0 radical (unpaired) electrons. The molecule has 5 rings (SSSR count). The Morgan fingerprint density at radius 3 is 2.39 bits per heavy atom. The number of unbranched alkanes of at least 4 members (excludes halogenated alkanes) is 2. The maximum atomic E-state index is 13.6. The van der Waals surface area contributed by atoms with Crippen molar-refractivity contribution in [1.29, 1.82) is 0 Å². The van der Waals surface area contributed by atoms with Gasteiger partial charge in [-0.2, -0.15) is 0 Å². The Balaban J connectivity index is 1.48. The van der Waals surface area contributed by atoms with Gasteiger partial charge in [-0.3, -0.25) is 14.1 Å². The zero-order chi connectivity index (χ0) is 24.9. The van der Waals surface area contributed by atoms with Crippen molar-refractivity contribution in [3.8, 4) is 28.3 Å². The number of rotatable bonds is 9. The lowest BCUT2D eigenvalue weighted by Crippen LogP contribution is -2.25. The molecule has 0 atom stereocenters. The topological polar surface area (TPSA) is 94.3 Å². The van der Waals surface area contributed by atoms with Crippen molar-refractivity contribution < 1.29 is 0 Å². The fourth-order valence-electron chi connectivity index (χ4n) is 4.65. The molecule has 0 unspecified atom stereocenters. The summed E-state index contributed by atoms with van der Waals surface area (Å²) < 4.78 is 3.73. The van der Waals surface area contributed by atoms with Gasteiger partial charge in [-0.15, -0.1) is 5.10 Å². The first-order chi connectivity index (χ1) is 17.7. The molecule has 0 bridgehead atoms. The summed E-state index contributed by atoms with van der Waals surface area (Å²) in [5.41, 5.74) is 6.57. The van der Waals surface area contributed by atoms with Gasteiger partial charge in [0.1, 0.15) is 0 Å². The molecule has 8 heteroatoms. The van der Waals surface area contributed by atoms with Crippen LogP contribution < -0.4 is 5.69 Å². The van der Waals surface area contributed by atoms with Crippen LogP contribution in [0.15, 0.2) is 77.7 Å². The SMILES string of the molecule is CCCCCc1c(C)n(-c2ccccc2)c(=O)n1Cc1ccc(-c2ccccc2-c2nnn[nH]2)nc1. The highest BCUT2D eigenvalue weighted by Crippen LogP contribution is 2.28. The van der Waals surface area contributed by atoms with E-state index in [1.807, 2.05) is 89.0 Å². The van der Waals surface area contributed by atoms with E-state index in [9.17, 15) is 4.79 Å². The van der Waals surface area contributed by atoms with Crippen LogP contribution in [-0.2, 0) is 13.0 Å². The van der Waals surface area contributed by atoms with E-state index in [1.54, 1.807) is 0 Å². The molecule has 0 aliphatic carbocycles. The molecular formula is C28H29N7O. The largest absolute Gasteiger partial charge is 0.333 e. The average molecular weight is 480 g/mol. The molecule has 8 nitrogen and oxygen atoms in total. The number of para-hydroxylation sites is 1. The number of nitrogens with one attached hydrogen (secondary N) is 1. The zero-order valence-electron chi connectivity index (χ0n) is 20.6. The monoisotopic (exact) mass is 479 g/mol. The van der Waals surface area contributed by atoms with Gasteiger partial charge in [0.25, 0.3) is 0 Å². The van der Waals surface area contributed by atoms with Crippen LogP contribution in [-0.4, -0.2) is 34.7 Å². The standard InChI is InChI=1S/C28H29N7O/c1-3-4-6-15-26-20(2)35(22-11-7-5-8-12-22)28(36)34(26)19-21-16-17-25(29-18-21)23-13-9-10-14-24(23)27-30-32-33-31-27/h5,7-14,16-18H,3-4,6,15,19H2,1-2H3,(H,30,31,32,33).